The van der Waals surface area contributed by atoms with E-state index in [1.807, 2.05) is 13.8 Å². The van der Waals surface area contributed by atoms with E-state index in [2.05, 4.69) is 20.4 Å². The number of hydrogen-bond acceptors (Lipinski definition) is 7. The minimum absolute atomic E-state index is 0.00101. The van der Waals surface area contributed by atoms with Gasteiger partial charge in [0.2, 0.25) is 0 Å². The summed E-state index contributed by atoms with van der Waals surface area (Å²) in [5.74, 6) is -0.0725. The number of carbonyl (C=O) groups excluding carboxylic acids is 2. The summed E-state index contributed by atoms with van der Waals surface area (Å²) in [7, 11) is -2.37. The van der Waals surface area contributed by atoms with Crippen LogP contribution in [0.25, 0.3) is 0 Å². The van der Waals surface area contributed by atoms with Crippen molar-refractivity contribution in [3.8, 4) is 0 Å². The van der Waals surface area contributed by atoms with Gasteiger partial charge < -0.3 is 9.47 Å². The van der Waals surface area contributed by atoms with E-state index in [1.165, 1.54) is 12.1 Å². The highest BCUT2D eigenvalue weighted by Gasteiger charge is 2.81. The number of esters is 1. The Labute approximate surface area is 226 Å². The van der Waals surface area contributed by atoms with Crippen LogP contribution < -0.4 is 0 Å². The van der Waals surface area contributed by atoms with Gasteiger partial charge in [-0.25, -0.2) is 4.79 Å². The number of ketones is 1. The maximum absolute atomic E-state index is 14.0. The van der Waals surface area contributed by atoms with Crippen molar-refractivity contribution in [3.63, 3.8) is 0 Å². The van der Waals surface area contributed by atoms with Gasteiger partial charge in [0.05, 0.1) is 11.0 Å². The van der Waals surface area contributed by atoms with Crippen molar-refractivity contribution < 1.29 is 31.7 Å². The molecule has 0 amide bonds. The number of methoxy groups -OCH3 is 1. The van der Waals surface area contributed by atoms with Crippen LogP contribution in [0.2, 0.25) is 0 Å². The van der Waals surface area contributed by atoms with Gasteiger partial charge in [-0.05, 0) is 68.9 Å². The molecule has 4 aliphatic rings. The molecular formula is C30H40O7S. The molecule has 4 aliphatic carbocycles. The van der Waals surface area contributed by atoms with Crippen molar-refractivity contribution in [3.05, 3.63) is 42.5 Å². The van der Waals surface area contributed by atoms with Gasteiger partial charge in [0.25, 0.3) is 10.1 Å². The molecule has 38 heavy (non-hydrogen) atoms. The quantitative estimate of drug-likeness (QED) is 0.274. The van der Waals surface area contributed by atoms with E-state index in [4.69, 9.17) is 13.7 Å². The molecule has 4 saturated carbocycles. The van der Waals surface area contributed by atoms with Crippen LogP contribution in [0.1, 0.15) is 58.4 Å². The lowest BCUT2D eigenvalue weighted by Crippen LogP contribution is -2.68. The molecule has 0 N–H and O–H groups in total. The second kappa shape index (κ2) is 9.27. The highest BCUT2D eigenvalue weighted by molar-refractivity contribution is 7.86. The van der Waals surface area contributed by atoms with Crippen LogP contribution in [0.3, 0.4) is 0 Å². The highest BCUT2D eigenvalue weighted by Crippen LogP contribution is 2.82. The third kappa shape index (κ3) is 3.69. The van der Waals surface area contributed by atoms with Crippen LogP contribution in [-0.2, 0) is 33.4 Å². The molecule has 5 rings (SSSR count). The van der Waals surface area contributed by atoms with E-state index in [0.717, 1.165) is 31.2 Å². The lowest BCUT2D eigenvalue weighted by atomic mass is 9.37. The molecule has 0 bridgehead atoms. The number of carbonyl (C=O) groups is 2. The monoisotopic (exact) mass is 544 g/mol. The van der Waals surface area contributed by atoms with Gasteiger partial charge in [-0.3, -0.25) is 8.98 Å². The van der Waals surface area contributed by atoms with Crippen molar-refractivity contribution in [2.24, 2.45) is 39.9 Å². The topological polar surface area (TPSA) is 96.0 Å². The molecular weight excluding hydrogens is 504 g/mol. The van der Waals surface area contributed by atoms with Crippen LogP contribution in [0.5, 0.6) is 0 Å². The molecule has 0 aromatic heterocycles. The molecule has 1 aromatic carbocycles. The van der Waals surface area contributed by atoms with Crippen LogP contribution >= 0.6 is 0 Å². The molecule has 1 aromatic rings. The molecule has 0 heterocycles. The molecule has 9 atom stereocenters. The summed E-state index contributed by atoms with van der Waals surface area (Å²) in [6.45, 7) is 11.3. The molecule has 8 heteroatoms. The zero-order chi connectivity index (χ0) is 27.7. The van der Waals surface area contributed by atoms with E-state index in [9.17, 15) is 18.0 Å². The smallest absolute Gasteiger partial charge is 0.333 e. The lowest BCUT2D eigenvalue weighted by molar-refractivity contribution is -0.238. The number of aryl methyl sites for hydroxylation is 1. The number of hydrogen-bond donors (Lipinski definition) is 0. The molecule has 1 spiro atoms. The molecule has 0 radical (unpaired) electrons. The molecule has 208 valence electrons. The summed E-state index contributed by atoms with van der Waals surface area (Å²) in [5.41, 5.74) is -0.374. The summed E-state index contributed by atoms with van der Waals surface area (Å²) in [4.78, 5) is 27.1. The third-order valence-corrected chi connectivity index (χ3v) is 12.1. The number of allylic oxidation sites excluding steroid dienone is 1. The molecule has 7 nitrogen and oxygen atoms in total. The van der Waals surface area contributed by atoms with Crippen molar-refractivity contribution in [2.45, 2.75) is 76.9 Å². The van der Waals surface area contributed by atoms with E-state index in [-0.39, 0.29) is 45.4 Å². The Morgan fingerprint density at radius 3 is 2.50 bits per heavy atom. The predicted molar refractivity (Wildman–Crippen MR) is 142 cm³/mol. The van der Waals surface area contributed by atoms with Gasteiger partial charge in [-0.1, -0.05) is 37.6 Å². The maximum atomic E-state index is 14.0. The molecule has 2 unspecified atom stereocenters. The number of ether oxygens (including phenoxy) is 2. The summed E-state index contributed by atoms with van der Waals surface area (Å²) in [5, 5.41) is 0. The summed E-state index contributed by atoms with van der Waals surface area (Å²) < 4.78 is 42.7. The minimum atomic E-state index is -4.12. The van der Waals surface area contributed by atoms with E-state index < -0.39 is 34.2 Å². The third-order valence-electron chi connectivity index (χ3n) is 10.8. The Hall–Kier alpha value is -2.03. The maximum Gasteiger partial charge on any atom is 0.333 e. The Kier molecular flexibility index (Phi) is 6.72. The number of benzene rings is 1. The Morgan fingerprint density at radius 1 is 1.18 bits per heavy atom. The van der Waals surface area contributed by atoms with Crippen molar-refractivity contribution >= 4 is 21.9 Å². The fourth-order valence-electron chi connectivity index (χ4n) is 9.30. The van der Waals surface area contributed by atoms with Gasteiger partial charge in [0.15, 0.2) is 6.61 Å². The molecule has 0 saturated heterocycles. The molecule has 0 aliphatic heterocycles. The Balaban J connectivity index is 1.46. The van der Waals surface area contributed by atoms with Crippen molar-refractivity contribution in [1.82, 2.24) is 0 Å². The van der Waals surface area contributed by atoms with Crippen LogP contribution in [0.4, 0.5) is 0 Å². The standard InChI is InChI=1S/C30H40O7S/c1-7-28(5)16-23(37-25(31)17-36-38(33,34)22-10-8-18(2)9-11-22)26-19(3)14-21-15-29(20(4)27(28)32)13-12-24(35-6)30(21,26)29/h7-11,19-21,23-24,26H,1,12-17H2,2-6H3/t19-,20+,21+,23-,24-,26?,28+,29-,30?/m1/s1. The number of rotatable bonds is 7. The first kappa shape index (κ1) is 27.5. The van der Waals surface area contributed by atoms with Crippen LogP contribution in [-0.4, -0.2) is 46.1 Å². The van der Waals surface area contributed by atoms with E-state index in [1.54, 1.807) is 25.3 Å². The fourth-order valence-corrected chi connectivity index (χ4v) is 10.2. The van der Waals surface area contributed by atoms with E-state index >= 15 is 0 Å². The van der Waals surface area contributed by atoms with E-state index in [0.29, 0.717) is 12.3 Å². The minimum Gasteiger partial charge on any atom is -0.460 e. The normalized spacial score (nSPS) is 41.9. The average Bonchev–Trinajstić information content (AvgIpc) is 3.27. The largest absolute Gasteiger partial charge is 0.460 e. The Morgan fingerprint density at radius 2 is 1.87 bits per heavy atom. The first-order valence-electron chi connectivity index (χ1n) is 13.7. The first-order valence-corrected chi connectivity index (χ1v) is 15.1. The zero-order valence-electron chi connectivity index (χ0n) is 23.1. The van der Waals surface area contributed by atoms with Crippen LogP contribution in [0, 0.1) is 46.8 Å². The average molecular weight is 545 g/mol. The Bertz CT molecular complexity index is 1240. The summed E-state index contributed by atoms with van der Waals surface area (Å²) in [6.07, 6.45) is 5.24. The summed E-state index contributed by atoms with van der Waals surface area (Å²) >= 11 is 0. The molecule has 4 fully saturated rings. The number of Topliss-reactive ketones (excluding diaryl/α,β-unsaturated/α-hetero) is 1. The first-order chi connectivity index (χ1) is 17.9. The second-order valence-corrected chi connectivity index (χ2v) is 14.1. The van der Waals surface area contributed by atoms with Crippen molar-refractivity contribution in [1.29, 1.82) is 0 Å². The van der Waals surface area contributed by atoms with Gasteiger partial charge in [-0.15, -0.1) is 6.58 Å². The lowest BCUT2D eigenvalue weighted by Gasteiger charge is -2.67. The predicted octanol–water partition coefficient (Wildman–Crippen LogP) is 4.87. The second-order valence-electron chi connectivity index (χ2n) is 12.5. The van der Waals surface area contributed by atoms with Crippen molar-refractivity contribution in [2.75, 3.05) is 13.7 Å². The van der Waals surface area contributed by atoms with Gasteiger partial charge in [-0.2, -0.15) is 8.42 Å². The zero-order valence-corrected chi connectivity index (χ0v) is 23.9. The van der Waals surface area contributed by atoms with Gasteiger partial charge >= 0.3 is 5.97 Å². The highest BCUT2D eigenvalue weighted by atomic mass is 32.2. The SMILES string of the molecule is C=C[C@@]1(C)C[C@@H](OC(=O)COS(=O)(=O)c2ccc(C)cc2)C2[C@H](C)C[C@H]3C[C@]4(CC[C@@H](OC)C234)[C@@H](C)C1=O. The van der Waals surface area contributed by atoms with Gasteiger partial charge in [0, 0.05) is 36.2 Å². The van der Waals surface area contributed by atoms with Gasteiger partial charge in [0.1, 0.15) is 11.9 Å². The fraction of sp³-hybridized carbons (Fsp3) is 0.667. The summed E-state index contributed by atoms with van der Waals surface area (Å²) in [6, 6.07) is 6.25. The van der Waals surface area contributed by atoms with Crippen LogP contribution in [0.15, 0.2) is 41.8 Å².